The molecule has 24 heavy (non-hydrogen) atoms. The van der Waals surface area contributed by atoms with Gasteiger partial charge >= 0.3 is 0 Å². The lowest BCUT2D eigenvalue weighted by Crippen LogP contribution is -2.30. The third-order valence-corrected chi connectivity index (χ3v) is 4.03. The van der Waals surface area contributed by atoms with Gasteiger partial charge in [-0.3, -0.25) is 4.79 Å². The van der Waals surface area contributed by atoms with E-state index in [-0.39, 0.29) is 11.6 Å². The van der Waals surface area contributed by atoms with Crippen molar-refractivity contribution in [3.63, 3.8) is 0 Å². The lowest BCUT2D eigenvalue weighted by atomic mass is 9.94. The van der Waals surface area contributed by atoms with Gasteiger partial charge in [0.2, 0.25) is 0 Å². The molecule has 1 atom stereocenters. The fourth-order valence-corrected chi connectivity index (χ4v) is 2.75. The summed E-state index contributed by atoms with van der Waals surface area (Å²) in [5.74, 6) is -0.947. The number of hydrogen-bond acceptors (Lipinski definition) is 1. The monoisotopic (exact) mass is 319 g/mol. The van der Waals surface area contributed by atoms with Crippen LogP contribution in [-0.2, 0) is 0 Å². The predicted octanol–water partition coefficient (Wildman–Crippen LogP) is 4.65. The Labute approximate surface area is 141 Å². The Hall–Kier alpha value is -2.94. The maximum atomic E-state index is 13.9. The summed E-state index contributed by atoms with van der Waals surface area (Å²) in [5.41, 5.74) is 3.07. The summed E-state index contributed by atoms with van der Waals surface area (Å²) in [6.45, 7) is 2.00. The van der Waals surface area contributed by atoms with Gasteiger partial charge in [-0.15, -0.1) is 0 Å². The number of halogens is 1. The van der Waals surface area contributed by atoms with Crippen molar-refractivity contribution in [3.8, 4) is 0 Å². The molecule has 2 nitrogen and oxygen atoms in total. The number of nitrogens with one attached hydrogen (secondary N) is 1. The molecular weight excluding hydrogens is 301 g/mol. The molecule has 1 amide bonds. The molecule has 0 spiro atoms. The van der Waals surface area contributed by atoms with Gasteiger partial charge in [-0.05, 0) is 35.7 Å². The van der Waals surface area contributed by atoms with E-state index < -0.39 is 11.7 Å². The van der Waals surface area contributed by atoms with E-state index >= 15 is 0 Å². The lowest BCUT2D eigenvalue weighted by Gasteiger charge is -2.22. The van der Waals surface area contributed by atoms with Crippen molar-refractivity contribution in [2.24, 2.45) is 0 Å². The Bertz CT molecular complexity index is 845. The second-order valence-electron chi connectivity index (χ2n) is 5.65. The van der Waals surface area contributed by atoms with Crippen LogP contribution in [0, 0.1) is 12.7 Å². The highest BCUT2D eigenvalue weighted by atomic mass is 19.1. The molecule has 0 saturated carbocycles. The van der Waals surface area contributed by atoms with E-state index in [2.05, 4.69) is 5.32 Å². The van der Waals surface area contributed by atoms with Gasteiger partial charge < -0.3 is 5.32 Å². The molecule has 3 heteroatoms. The molecule has 3 aromatic carbocycles. The van der Waals surface area contributed by atoms with Gasteiger partial charge in [-0.1, -0.05) is 66.7 Å². The molecule has 1 N–H and O–H groups in total. The summed E-state index contributed by atoms with van der Waals surface area (Å²) in [6, 6.07) is 23.2. The van der Waals surface area contributed by atoms with E-state index in [1.165, 1.54) is 12.1 Å². The Morgan fingerprint density at radius 2 is 1.50 bits per heavy atom. The molecule has 0 aliphatic carbocycles. The maximum absolute atomic E-state index is 13.9. The zero-order chi connectivity index (χ0) is 16.9. The number of benzene rings is 3. The molecule has 3 rings (SSSR count). The Morgan fingerprint density at radius 1 is 0.875 bits per heavy atom. The highest BCUT2D eigenvalue weighted by Crippen LogP contribution is 2.25. The van der Waals surface area contributed by atoms with Crippen molar-refractivity contribution in [3.05, 3.63) is 107 Å². The van der Waals surface area contributed by atoms with Crippen LogP contribution in [0.2, 0.25) is 0 Å². The third-order valence-electron chi connectivity index (χ3n) is 4.03. The fraction of sp³-hybridized carbons (Fsp3) is 0.0952. The SMILES string of the molecule is Cc1ccccc1[C@H](NC(=O)c1ccccc1F)c1ccccc1. The topological polar surface area (TPSA) is 29.1 Å². The van der Waals surface area contributed by atoms with E-state index in [4.69, 9.17) is 0 Å². The molecular formula is C21H18FNO. The van der Waals surface area contributed by atoms with Crippen LogP contribution in [0.5, 0.6) is 0 Å². The second kappa shape index (κ2) is 7.09. The van der Waals surface area contributed by atoms with Crippen molar-refractivity contribution in [1.29, 1.82) is 0 Å². The second-order valence-corrected chi connectivity index (χ2v) is 5.65. The van der Waals surface area contributed by atoms with E-state index in [9.17, 15) is 9.18 Å². The Morgan fingerprint density at radius 3 is 2.21 bits per heavy atom. The molecule has 0 aliphatic heterocycles. The first-order valence-corrected chi connectivity index (χ1v) is 7.82. The van der Waals surface area contributed by atoms with Crippen LogP contribution in [0.4, 0.5) is 4.39 Å². The summed E-state index contributed by atoms with van der Waals surface area (Å²) in [5, 5.41) is 2.97. The summed E-state index contributed by atoms with van der Waals surface area (Å²) in [4.78, 5) is 12.6. The van der Waals surface area contributed by atoms with E-state index in [1.54, 1.807) is 12.1 Å². The third kappa shape index (κ3) is 3.35. The number of amides is 1. The van der Waals surface area contributed by atoms with E-state index in [1.807, 2.05) is 61.5 Å². The number of rotatable bonds is 4. The van der Waals surface area contributed by atoms with Crippen LogP contribution >= 0.6 is 0 Å². The molecule has 0 saturated heterocycles. The molecule has 0 fully saturated rings. The molecule has 0 aliphatic rings. The summed E-state index contributed by atoms with van der Waals surface area (Å²) in [6.07, 6.45) is 0. The Kier molecular flexibility index (Phi) is 4.71. The zero-order valence-corrected chi connectivity index (χ0v) is 13.4. The molecule has 0 unspecified atom stereocenters. The van der Waals surface area contributed by atoms with Crippen molar-refractivity contribution in [1.82, 2.24) is 5.32 Å². The van der Waals surface area contributed by atoms with Crippen LogP contribution < -0.4 is 5.32 Å². The van der Waals surface area contributed by atoms with Gasteiger partial charge in [0.15, 0.2) is 0 Å². The van der Waals surface area contributed by atoms with Gasteiger partial charge in [0.1, 0.15) is 5.82 Å². The first kappa shape index (κ1) is 15.9. The quantitative estimate of drug-likeness (QED) is 0.745. The summed E-state index contributed by atoms with van der Waals surface area (Å²) in [7, 11) is 0. The summed E-state index contributed by atoms with van der Waals surface area (Å²) < 4.78 is 13.9. The zero-order valence-electron chi connectivity index (χ0n) is 13.4. The van der Waals surface area contributed by atoms with Crippen molar-refractivity contribution >= 4 is 5.91 Å². The van der Waals surface area contributed by atoms with E-state index in [0.717, 1.165) is 16.7 Å². The smallest absolute Gasteiger partial charge is 0.255 e. The number of aryl methyl sites for hydroxylation is 1. The van der Waals surface area contributed by atoms with Gasteiger partial charge in [-0.25, -0.2) is 4.39 Å². The highest BCUT2D eigenvalue weighted by molar-refractivity contribution is 5.95. The number of carbonyl (C=O) groups is 1. The van der Waals surface area contributed by atoms with Crippen LogP contribution in [-0.4, -0.2) is 5.91 Å². The van der Waals surface area contributed by atoms with Crippen LogP contribution in [0.25, 0.3) is 0 Å². The van der Waals surface area contributed by atoms with E-state index in [0.29, 0.717) is 0 Å². The van der Waals surface area contributed by atoms with Crippen molar-refractivity contribution in [2.75, 3.05) is 0 Å². The molecule has 0 heterocycles. The lowest BCUT2D eigenvalue weighted by molar-refractivity contribution is 0.0939. The predicted molar refractivity (Wildman–Crippen MR) is 93.3 cm³/mol. The minimum atomic E-state index is -0.522. The summed E-state index contributed by atoms with van der Waals surface area (Å²) >= 11 is 0. The number of carbonyl (C=O) groups excluding carboxylic acids is 1. The minimum absolute atomic E-state index is 0.0482. The van der Waals surface area contributed by atoms with Gasteiger partial charge in [-0.2, -0.15) is 0 Å². The average molecular weight is 319 g/mol. The molecule has 120 valence electrons. The van der Waals surface area contributed by atoms with Crippen molar-refractivity contribution < 1.29 is 9.18 Å². The highest BCUT2D eigenvalue weighted by Gasteiger charge is 2.20. The first-order valence-electron chi connectivity index (χ1n) is 7.82. The normalized spacial score (nSPS) is 11.8. The van der Waals surface area contributed by atoms with Crippen molar-refractivity contribution in [2.45, 2.75) is 13.0 Å². The van der Waals surface area contributed by atoms with Gasteiger partial charge in [0, 0.05) is 0 Å². The molecule has 0 aromatic heterocycles. The molecule has 3 aromatic rings. The largest absolute Gasteiger partial charge is 0.341 e. The molecule has 0 radical (unpaired) electrons. The minimum Gasteiger partial charge on any atom is -0.341 e. The van der Waals surface area contributed by atoms with Gasteiger partial charge in [0.05, 0.1) is 11.6 Å². The Balaban J connectivity index is 1.99. The average Bonchev–Trinajstić information content (AvgIpc) is 2.61. The fourth-order valence-electron chi connectivity index (χ4n) is 2.75. The standard InChI is InChI=1S/C21H18FNO/c1-15-9-5-6-12-17(15)20(16-10-3-2-4-11-16)23-21(24)18-13-7-8-14-19(18)22/h2-14,20H,1H3,(H,23,24)/t20-/m1/s1. The van der Waals surface area contributed by atoms with Crippen LogP contribution in [0.1, 0.15) is 33.1 Å². The van der Waals surface area contributed by atoms with Crippen LogP contribution in [0.15, 0.2) is 78.9 Å². The molecule has 0 bridgehead atoms. The number of hydrogen-bond donors (Lipinski definition) is 1. The maximum Gasteiger partial charge on any atom is 0.255 e. The van der Waals surface area contributed by atoms with Gasteiger partial charge in [0.25, 0.3) is 5.91 Å². The first-order chi connectivity index (χ1) is 11.7. The van der Waals surface area contributed by atoms with Crippen LogP contribution in [0.3, 0.4) is 0 Å².